The van der Waals surface area contributed by atoms with Gasteiger partial charge in [0.05, 0.1) is 11.1 Å². The number of hydrogen-bond donors (Lipinski definition) is 1. The fraction of sp³-hybridized carbons (Fsp3) is 0.200. The van der Waals surface area contributed by atoms with Crippen LogP contribution >= 0.6 is 11.6 Å². The molecule has 0 bridgehead atoms. The lowest BCUT2D eigenvalue weighted by molar-refractivity contribution is -0.153. The minimum absolute atomic E-state index is 0.238. The first-order valence-electron chi connectivity index (χ1n) is 8.50. The Labute approximate surface area is 166 Å². The predicted octanol–water partition coefficient (Wildman–Crippen LogP) is 2.81. The van der Waals surface area contributed by atoms with Crippen molar-refractivity contribution in [3.8, 4) is 0 Å². The van der Waals surface area contributed by atoms with Crippen molar-refractivity contribution in [1.82, 2.24) is 4.90 Å². The molecule has 0 radical (unpaired) electrons. The Morgan fingerprint density at radius 3 is 2.29 bits per heavy atom. The Morgan fingerprint density at radius 2 is 1.68 bits per heavy atom. The third-order valence-electron chi connectivity index (χ3n) is 4.37. The number of nitrogens with one attached hydrogen (secondary N) is 1. The maximum atomic E-state index is 12.3. The molecule has 3 amide bonds. The van der Waals surface area contributed by atoms with Crippen LogP contribution in [0.5, 0.6) is 0 Å². The average Bonchev–Trinajstić information content (AvgIpc) is 2.90. The molecule has 28 heavy (non-hydrogen) atoms. The third kappa shape index (κ3) is 3.75. The molecule has 0 saturated carbocycles. The Kier molecular flexibility index (Phi) is 5.46. The summed E-state index contributed by atoms with van der Waals surface area (Å²) >= 11 is 6.02. The SMILES string of the molecule is Cc1c(Cl)cccc1NC(=O)[C@H](C)OC(=O)CN1C(=O)c2ccccc2C1=O. The molecule has 1 aliphatic heterocycles. The molecule has 1 N–H and O–H groups in total. The molecule has 3 rings (SSSR count). The van der Waals surface area contributed by atoms with Crippen LogP contribution in [0, 0.1) is 6.92 Å². The highest BCUT2D eigenvalue weighted by Crippen LogP contribution is 2.24. The van der Waals surface area contributed by atoms with Crippen molar-refractivity contribution in [2.45, 2.75) is 20.0 Å². The van der Waals surface area contributed by atoms with Crippen molar-refractivity contribution in [3.63, 3.8) is 0 Å². The topological polar surface area (TPSA) is 92.8 Å². The summed E-state index contributed by atoms with van der Waals surface area (Å²) in [5, 5.41) is 3.13. The zero-order chi connectivity index (χ0) is 20.4. The van der Waals surface area contributed by atoms with Gasteiger partial charge in [0.25, 0.3) is 17.7 Å². The highest BCUT2D eigenvalue weighted by Gasteiger charge is 2.37. The summed E-state index contributed by atoms with van der Waals surface area (Å²) < 4.78 is 5.08. The van der Waals surface area contributed by atoms with Gasteiger partial charge in [-0.25, -0.2) is 0 Å². The smallest absolute Gasteiger partial charge is 0.326 e. The van der Waals surface area contributed by atoms with Crippen LogP contribution in [0.2, 0.25) is 5.02 Å². The van der Waals surface area contributed by atoms with Gasteiger partial charge < -0.3 is 10.1 Å². The summed E-state index contributed by atoms with van der Waals surface area (Å²) in [6, 6.07) is 11.4. The van der Waals surface area contributed by atoms with Crippen molar-refractivity contribution in [2.24, 2.45) is 0 Å². The molecular formula is C20H17ClN2O5. The minimum atomic E-state index is -1.12. The summed E-state index contributed by atoms with van der Waals surface area (Å²) in [5.41, 5.74) is 1.66. The standard InChI is InChI=1S/C20H17ClN2O5/c1-11-15(21)8-5-9-16(11)22-18(25)12(2)28-17(24)10-23-19(26)13-6-3-4-7-14(13)20(23)27/h3-9,12H,10H2,1-2H3,(H,22,25)/t12-/m0/s1. The highest BCUT2D eigenvalue weighted by molar-refractivity contribution is 6.31. The first kappa shape index (κ1) is 19.6. The molecule has 1 aliphatic rings. The molecule has 2 aromatic rings. The monoisotopic (exact) mass is 400 g/mol. The summed E-state index contributed by atoms with van der Waals surface area (Å²) in [7, 11) is 0. The number of carbonyl (C=O) groups excluding carboxylic acids is 4. The van der Waals surface area contributed by atoms with Gasteiger partial charge in [0.15, 0.2) is 6.10 Å². The number of amides is 3. The summed E-state index contributed by atoms with van der Waals surface area (Å²) in [6.07, 6.45) is -1.12. The maximum Gasteiger partial charge on any atom is 0.326 e. The van der Waals surface area contributed by atoms with Crippen molar-refractivity contribution in [3.05, 3.63) is 64.2 Å². The molecule has 0 saturated heterocycles. The molecular weight excluding hydrogens is 384 g/mol. The van der Waals surface area contributed by atoms with E-state index in [1.807, 2.05) is 0 Å². The Morgan fingerprint density at radius 1 is 1.07 bits per heavy atom. The number of imide groups is 1. The Hall–Kier alpha value is -3.19. The van der Waals surface area contributed by atoms with Gasteiger partial charge in [-0.05, 0) is 43.7 Å². The average molecular weight is 401 g/mol. The molecule has 1 atom stereocenters. The predicted molar refractivity (Wildman–Crippen MR) is 102 cm³/mol. The number of ether oxygens (including phenoxy) is 1. The van der Waals surface area contributed by atoms with Crippen LogP contribution in [0.3, 0.4) is 0 Å². The molecule has 2 aromatic carbocycles. The fourth-order valence-corrected chi connectivity index (χ4v) is 2.95. The number of fused-ring (bicyclic) bond motifs is 1. The van der Waals surface area contributed by atoms with Gasteiger partial charge in [0.2, 0.25) is 0 Å². The van der Waals surface area contributed by atoms with Gasteiger partial charge >= 0.3 is 5.97 Å². The lowest BCUT2D eigenvalue weighted by Crippen LogP contribution is -2.38. The molecule has 8 heteroatoms. The zero-order valence-electron chi connectivity index (χ0n) is 15.2. The van der Waals surface area contributed by atoms with E-state index in [9.17, 15) is 19.2 Å². The van der Waals surface area contributed by atoms with Crippen LogP contribution in [0.15, 0.2) is 42.5 Å². The first-order valence-corrected chi connectivity index (χ1v) is 8.88. The molecule has 0 spiro atoms. The summed E-state index contributed by atoms with van der Waals surface area (Å²) in [6.45, 7) is 2.58. The lowest BCUT2D eigenvalue weighted by atomic mass is 10.1. The molecule has 0 fully saturated rings. The van der Waals surface area contributed by atoms with Crippen molar-refractivity contribution in [2.75, 3.05) is 11.9 Å². The van der Waals surface area contributed by atoms with Crippen LogP contribution in [0.4, 0.5) is 5.69 Å². The van der Waals surface area contributed by atoms with E-state index in [-0.39, 0.29) is 11.1 Å². The van der Waals surface area contributed by atoms with Gasteiger partial charge in [-0.2, -0.15) is 0 Å². The van der Waals surface area contributed by atoms with Gasteiger partial charge in [-0.1, -0.05) is 29.8 Å². The second-order valence-electron chi connectivity index (χ2n) is 6.28. The third-order valence-corrected chi connectivity index (χ3v) is 4.78. The van der Waals surface area contributed by atoms with Crippen LogP contribution < -0.4 is 5.32 Å². The van der Waals surface area contributed by atoms with Crippen LogP contribution in [-0.4, -0.2) is 41.2 Å². The van der Waals surface area contributed by atoms with Crippen molar-refractivity contribution < 1.29 is 23.9 Å². The van der Waals surface area contributed by atoms with E-state index in [4.69, 9.17) is 16.3 Å². The molecule has 1 heterocycles. The van der Waals surface area contributed by atoms with Gasteiger partial charge in [0.1, 0.15) is 6.54 Å². The normalized spacial score (nSPS) is 13.9. The van der Waals surface area contributed by atoms with E-state index < -0.39 is 36.3 Å². The van der Waals surface area contributed by atoms with Gasteiger partial charge in [-0.3, -0.25) is 24.1 Å². The maximum absolute atomic E-state index is 12.3. The molecule has 0 unspecified atom stereocenters. The highest BCUT2D eigenvalue weighted by atomic mass is 35.5. The number of nitrogens with zero attached hydrogens (tertiary/aromatic N) is 1. The number of esters is 1. The minimum Gasteiger partial charge on any atom is -0.451 e. The Bertz CT molecular complexity index is 953. The number of carbonyl (C=O) groups is 4. The number of benzene rings is 2. The number of halogens is 1. The van der Waals surface area contributed by atoms with E-state index in [1.165, 1.54) is 19.1 Å². The number of anilines is 1. The molecule has 0 aromatic heterocycles. The molecule has 7 nitrogen and oxygen atoms in total. The second kappa shape index (κ2) is 7.82. The zero-order valence-corrected chi connectivity index (χ0v) is 15.9. The summed E-state index contributed by atoms with van der Waals surface area (Å²) in [5.74, 6) is -2.55. The number of rotatable bonds is 5. The van der Waals surface area contributed by atoms with E-state index in [2.05, 4.69) is 5.32 Å². The van der Waals surface area contributed by atoms with Crippen LogP contribution in [0.25, 0.3) is 0 Å². The molecule has 144 valence electrons. The molecule has 0 aliphatic carbocycles. The Balaban J connectivity index is 1.60. The lowest BCUT2D eigenvalue weighted by Gasteiger charge is -2.17. The summed E-state index contributed by atoms with van der Waals surface area (Å²) in [4.78, 5) is 49.8. The van der Waals surface area contributed by atoms with E-state index in [0.717, 1.165) is 4.90 Å². The second-order valence-corrected chi connectivity index (χ2v) is 6.68. The largest absolute Gasteiger partial charge is 0.451 e. The van der Waals surface area contributed by atoms with E-state index in [1.54, 1.807) is 37.3 Å². The first-order chi connectivity index (χ1) is 13.3. The van der Waals surface area contributed by atoms with Crippen molar-refractivity contribution in [1.29, 1.82) is 0 Å². The van der Waals surface area contributed by atoms with Crippen LogP contribution in [0.1, 0.15) is 33.2 Å². The van der Waals surface area contributed by atoms with Crippen LogP contribution in [-0.2, 0) is 14.3 Å². The van der Waals surface area contributed by atoms with Gasteiger partial charge in [0, 0.05) is 10.7 Å². The van der Waals surface area contributed by atoms with E-state index >= 15 is 0 Å². The van der Waals surface area contributed by atoms with Crippen molar-refractivity contribution >= 4 is 41.0 Å². The quantitative estimate of drug-likeness (QED) is 0.615. The van der Waals surface area contributed by atoms with E-state index in [0.29, 0.717) is 16.3 Å². The number of hydrogen-bond acceptors (Lipinski definition) is 5. The fourth-order valence-electron chi connectivity index (χ4n) is 2.78. The van der Waals surface area contributed by atoms with Gasteiger partial charge in [-0.15, -0.1) is 0 Å².